The van der Waals surface area contributed by atoms with Crippen LogP contribution >= 0.6 is 11.6 Å². The molecule has 2 aromatic rings. The molecule has 0 unspecified atom stereocenters. The second-order valence-electron chi connectivity index (χ2n) is 4.05. The van der Waals surface area contributed by atoms with Gasteiger partial charge in [-0.25, -0.2) is 0 Å². The SMILES string of the molecule is O=C1COc2cc(-c3ccc(Cl)cc3)ccc2N1. The van der Waals surface area contributed by atoms with E-state index in [1.165, 1.54) is 0 Å². The molecule has 0 atom stereocenters. The van der Waals surface area contributed by atoms with Gasteiger partial charge >= 0.3 is 0 Å². The minimum atomic E-state index is -0.123. The van der Waals surface area contributed by atoms with E-state index in [1.54, 1.807) is 0 Å². The van der Waals surface area contributed by atoms with Gasteiger partial charge in [-0.3, -0.25) is 4.79 Å². The highest BCUT2D eigenvalue weighted by molar-refractivity contribution is 6.30. The smallest absolute Gasteiger partial charge is 0.262 e. The third kappa shape index (κ3) is 2.05. The Balaban J connectivity index is 1.99. The standard InChI is InChI=1S/C14H10ClNO2/c15-11-4-1-9(2-5-11)10-3-6-12-13(7-10)18-8-14(17)16-12/h1-7H,8H2,(H,16,17). The fraction of sp³-hybridized carbons (Fsp3) is 0.0714. The maximum absolute atomic E-state index is 11.2. The Morgan fingerprint density at radius 2 is 1.78 bits per heavy atom. The van der Waals surface area contributed by atoms with Crippen molar-refractivity contribution in [3.05, 3.63) is 47.5 Å². The third-order valence-corrected chi connectivity index (χ3v) is 3.04. The minimum absolute atomic E-state index is 0.0665. The largest absolute Gasteiger partial charge is 0.482 e. The Morgan fingerprint density at radius 3 is 2.56 bits per heavy atom. The maximum atomic E-state index is 11.2. The van der Waals surface area contributed by atoms with Crippen LogP contribution in [0.2, 0.25) is 5.02 Å². The van der Waals surface area contributed by atoms with Gasteiger partial charge < -0.3 is 10.1 Å². The summed E-state index contributed by atoms with van der Waals surface area (Å²) in [5.74, 6) is 0.573. The summed E-state index contributed by atoms with van der Waals surface area (Å²) in [6.07, 6.45) is 0. The van der Waals surface area contributed by atoms with E-state index in [0.29, 0.717) is 16.5 Å². The zero-order valence-electron chi connectivity index (χ0n) is 9.44. The average Bonchev–Trinajstić information content (AvgIpc) is 2.39. The molecule has 0 saturated heterocycles. The number of amides is 1. The summed E-state index contributed by atoms with van der Waals surface area (Å²) in [6, 6.07) is 13.3. The molecule has 2 aromatic carbocycles. The van der Waals surface area contributed by atoms with Crippen molar-refractivity contribution >= 4 is 23.2 Å². The van der Waals surface area contributed by atoms with Crippen molar-refractivity contribution in [1.29, 1.82) is 0 Å². The van der Waals surface area contributed by atoms with Crippen LogP contribution in [0, 0.1) is 0 Å². The highest BCUT2D eigenvalue weighted by atomic mass is 35.5. The Labute approximate surface area is 109 Å². The zero-order chi connectivity index (χ0) is 12.5. The summed E-state index contributed by atoms with van der Waals surface area (Å²) in [7, 11) is 0. The molecule has 3 rings (SSSR count). The molecule has 1 aliphatic heterocycles. The number of hydrogen-bond acceptors (Lipinski definition) is 2. The molecule has 1 heterocycles. The fourth-order valence-electron chi connectivity index (χ4n) is 1.90. The summed E-state index contributed by atoms with van der Waals surface area (Å²) in [6.45, 7) is 0.0665. The molecule has 0 bridgehead atoms. The molecule has 1 amide bonds. The first-order valence-electron chi connectivity index (χ1n) is 5.55. The van der Waals surface area contributed by atoms with Crippen LogP contribution in [-0.4, -0.2) is 12.5 Å². The van der Waals surface area contributed by atoms with Crippen LogP contribution in [0.1, 0.15) is 0 Å². The highest BCUT2D eigenvalue weighted by Crippen LogP contribution is 2.33. The molecule has 0 aromatic heterocycles. The van der Waals surface area contributed by atoms with Crippen LogP contribution < -0.4 is 10.1 Å². The number of nitrogens with one attached hydrogen (secondary N) is 1. The number of carbonyl (C=O) groups excluding carboxylic acids is 1. The van der Waals surface area contributed by atoms with Gasteiger partial charge in [0.05, 0.1) is 5.69 Å². The van der Waals surface area contributed by atoms with Gasteiger partial charge in [-0.1, -0.05) is 29.8 Å². The highest BCUT2D eigenvalue weighted by Gasteiger charge is 2.16. The monoisotopic (exact) mass is 259 g/mol. The zero-order valence-corrected chi connectivity index (χ0v) is 10.2. The van der Waals surface area contributed by atoms with Crippen molar-refractivity contribution < 1.29 is 9.53 Å². The van der Waals surface area contributed by atoms with Crippen LogP contribution in [0.4, 0.5) is 5.69 Å². The molecule has 0 saturated carbocycles. The Kier molecular flexibility index (Phi) is 2.68. The van der Waals surface area contributed by atoms with E-state index in [9.17, 15) is 4.79 Å². The summed E-state index contributed by atoms with van der Waals surface area (Å²) < 4.78 is 5.38. The first-order chi connectivity index (χ1) is 8.72. The lowest BCUT2D eigenvalue weighted by Gasteiger charge is -2.18. The topological polar surface area (TPSA) is 38.3 Å². The summed E-state index contributed by atoms with van der Waals surface area (Å²) in [5, 5.41) is 3.47. The first-order valence-corrected chi connectivity index (χ1v) is 5.93. The minimum Gasteiger partial charge on any atom is -0.482 e. The van der Waals surface area contributed by atoms with E-state index in [1.807, 2.05) is 42.5 Å². The maximum Gasteiger partial charge on any atom is 0.262 e. The number of fused-ring (bicyclic) bond motifs is 1. The van der Waals surface area contributed by atoms with Crippen molar-refractivity contribution in [2.75, 3.05) is 11.9 Å². The van der Waals surface area contributed by atoms with Crippen LogP contribution in [0.3, 0.4) is 0 Å². The van der Waals surface area contributed by atoms with Crippen molar-refractivity contribution in [3.8, 4) is 16.9 Å². The molecular weight excluding hydrogens is 250 g/mol. The van der Waals surface area contributed by atoms with Gasteiger partial charge in [0.2, 0.25) is 0 Å². The van der Waals surface area contributed by atoms with Crippen molar-refractivity contribution in [3.63, 3.8) is 0 Å². The number of carbonyl (C=O) groups is 1. The number of ether oxygens (including phenoxy) is 1. The van der Waals surface area contributed by atoms with Crippen LogP contribution in [0.5, 0.6) is 5.75 Å². The second kappa shape index (κ2) is 4.35. The molecular formula is C14H10ClNO2. The van der Waals surface area contributed by atoms with E-state index in [0.717, 1.165) is 11.1 Å². The van der Waals surface area contributed by atoms with Gasteiger partial charge in [-0.15, -0.1) is 0 Å². The lowest BCUT2D eigenvalue weighted by atomic mass is 10.0. The number of anilines is 1. The molecule has 0 spiro atoms. The number of hydrogen-bond donors (Lipinski definition) is 1. The molecule has 0 aliphatic carbocycles. The van der Waals surface area contributed by atoms with Gasteiger partial charge in [0.25, 0.3) is 5.91 Å². The lowest BCUT2D eigenvalue weighted by Crippen LogP contribution is -2.25. The number of halogens is 1. The molecule has 4 heteroatoms. The van der Waals surface area contributed by atoms with Crippen LogP contribution in [-0.2, 0) is 4.79 Å². The van der Waals surface area contributed by atoms with Crippen molar-refractivity contribution in [1.82, 2.24) is 0 Å². The average molecular weight is 260 g/mol. The van der Waals surface area contributed by atoms with Gasteiger partial charge in [-0.2, -0.15) is 0 Å². The molecule has 1 aliphatic rings. The van der Waals surface area contributed by atoms with Gasteiger partial charge in [-0.05, 0) is 35.4 Å². The van der Waals surface area contributed by atoms with Gasteiger partial charge in [0.15, 0.2) is 6.61 Å². The van der Waals surface area contributed by atoms with Gasteiger partial charge in [0, 0.05) is 5.02 Å². The Hall–Kier alpha value is -2.00. The summed E-state index contributed by atoms with van der Waals surface area (Å²) >= 11 is 5.86. The summed E-state index contributed by atoms with van der Waals surface area (Å²) in [4.78, 5) is 11.2. The molecule has 3 nitrogen and oxygen atoms in total. The Morgan fingerprint density at radius 1 is 1.06 bits per heavy atom. The molecule has 1 N–H and O–H groups in total. The van der Waals surface area contributed by atoms with Crippen molar-refractivity contribution in [2.24, 2.45) is 0 Å². The molecule has 90 valence electrons. The quantitative estimate of drug-likeness (QED) is 0.853. The molecule has 18 heavy (non-hydrogen) atoms. The van der Waals surface area contributed by atoms with Crippen LogP contribution in [0.25, 0.3) is 11.1 Å². The number of rotatable bonds is 1. The summed E-state index contributed by atoms with van der Waals surface area (Å²) in [5.41, 5.74) is 2.80. The van der Waals surface area contributed by atoms with E-state index in [-0.39, 0.29) is 12.5 Å². The fourth-order valence-corrected chi connectivity index (χ4v) is 2.02. The van der Waals surface area contributed by atoms with Gasteiger partial charge in [0.1, 0.15) is 5.75 Å². The van der Waals surface area contributed by atoms with Crippen LogP contribution in [0.15, 0.2) is 42.5 Å². The second-order valence-corrected chi connectivity index (χ2v) is 4.49. The number of benzene rings is 2. The predicted octanol–water partition coefficient (Wildman–Crippen LogP) is 3.34. The third-order valence-electron chi connectivity index (χ3n) is 2.79. The van der Waals surface area contributed by atoms with Crippen molar-refractivity contribution in [2.45, 2.75) is 0 Å². The molecule has 0 radical (unpaired) electrons. The van der Waals surface area contributed by atoms with E-state index in [2.05, 4.69) is 5.32 Å². The normalized spacial score (nSPS) is 13.5. The predicted molar refractivity (Wildman–Crippen MR) is 71.0 cm³/mol. The van der Waals surface area contributed by atoms with E-state index in [4.69, 9.17) is 16.3 Å². The lowest BCUT2D eigenvalue weighted by molar-refractivity contribution is -0.118. The van der Waals surface area contributed by atoms with E-state index >= 15 is 0 Å². The molecule has 0 fully saturated rings. The Bertz CT molecular complexity index is 608. The van der Waals surface area contributed by atoms with E-state index < -0.39 is 0 Å². The first kappa shape index (κ1) is 11.1.